The van der Waals surface area contributed by atoms with Gasteiger partial charge in [0.2, 0.25) is 0 Å². The summed E-state index contributed by atoms with van der Waals surface area (Å²) in [7, 11) is 0. The molecule has 106 valence electrons. The zero-order valence-electron chi connectivity index (χ0n) is 11.8. The normalized spacial score (nSPS) is 32.3. The van der Waals surface area contributed by atoms with Gasteiger partial charge in [-0.15, -0.1) is 0 Å². The van der Waals surface area contributed by atoms with Gasteiger partial charge in [0.1, 0.15) is 0 Å². The second-order valence-electron chi connectivity index (χ2n) is 6.11. The molecule has 2 saturated carbocycles. The van der Waals surface area contributed by atoms with Gasteiger partial charge >= 0.3 is 0 Å². The number of thioether (sulfide) groups is 1. The van der Waals surface area contributed by atoms with Crippen molar-refractivity contribution >= 4 is 11.8 Å². The second-order valence-corrected chi connectivity index (χ2v) is 7.68. The van der Waals surface area contributed by atoms with Crippen LogP contribution >= 0.6 is 11.8 Å². The van der Waals surface area contributed by atoms with Crippen LogP contribution in [0.4, 0.5) is 0 Å². The molecule has 2 nitrogen and oxygen atoms in total. The van der Waals surface area contributed by atoms with Gasteiger partial charge in [-0.2, -0.15) is 11.8 Å². The summed E-state index contributed by atoms with van der Waals surface area (Å²) in [5.41, 5.74) is -0.410. The molecule has 2 fully saturated rings. The highest BCUT2D eigenvalue weighted by Crippen LogP contribution is 2.31. The Labute approximate surface area is 116 Å². The number of nitrogens with one attached hydrogen (secondary N) is 1. The van der Waals surface area contributed by atoms with Crippen molar-refractivity contribution < 1.29 is 5.11 Å². The molecule has 0 aliphatic heterocycles. The summed E-state index contributed by atoms with van der Waals surface area (Å²) < 4.78 is 0. The Morgan fingerprint density at radius 2 is 1.89 bits per heavy atom. The minimum absolute atomic E-state index is 0.410. The van der Waals surface area contributed by atoms with Crippen molar-refractivity contribution in [1.29, 1.82) is 0 Å². The molecule has 2 N–H and O–H groups in total. The van der Waals surface area contributed by atoms with Crippen LogP contribution in [0.25, 0.3) is 0 Å². The number of hydrogen-bond acceptors (Lipinski definition) is 3. The standard InChI is InChI=1S/C15H29NOS/c1-2-18-14-8-7-13(11-14)16-12-15(17)9-5-3-4-6-10-15/h13-14,16-17H,2-12H2,1H3. The smallest absolute Gasteiger partial charge is 0.0771 e. The summed E-state index contributed by atoms with van der Waals surface area (Å²) in [5.74, 6) is 1.24. The highest BCUT2D eigenvalue weighted by Gasteiger charge is 2.30. The molecule has 2 aliphatic carbocycles. The van der Waals surface area contributed by atoms with Crippen molar-refractivity contribution in [2.45, 2.75) is 81.6 Å². The molecule has 0 bridgehead atoms. The molecule has 3 heteroatoms. The fraction of sp³-hybridized carbons (Fsp3) is 1.00. The Kier molecular flexibility index (Phi) is 5.84. The van der Waals surface area contributed by atoms with E-state index in [2.05, 4.69) is 24.0 Å². The summed E-state index contributed by atoms with van der Waals surface area (Å²) in [6, 6.07) is 0.654. The average Bonchev–Trinajstić information content (AvgIpc) is 2.69. The topological polar surface area (TPSA) is 32.3 Å². The molecular formula is C15H29NOS. The molecule has 0 amide bonds. The third kappa shape index (κ3) is 4.43. The average molecular weight is 271 g/mol. The van der Waals surface area contributed by atoms with E-state index in [0.717, 1.165) is 24.6 Å². The first-order valence-corrected chi connectivity index (χ1v) is 8.84. The van der Waals surface area contributed by atoms with Gasteiger partial charge in [-0.25, -0.2) is 0 Å². The number of hydrogen-bond donors (Lipinski definition) is 2. The van der Waals surface area contributed by atoms with E-state index in [1.807, 2.05) is 0 Å². The molecule has 0 saturated heterocycles. The first kappa shape index (κ1) is 14.7. The maximum absolute atomic E-state index is 10.6. The van der Waals surface area contributed by atoms with Crippen molar-refractivity contribution in [3.63, 3.8) is 0 Å². The predicted octanol–water partition coefficient (Wildman–Crippen LogP) is 3.34. The number of aliphatic hydroxyl groups is 1. The van der Waals surface area contributed by atoms with E-state index in [1.54, 1.807) is 0 Å². The number of rotatable bonds is 5. The van der Waals surface area contributed by atoms with Gasteiger partial charge in [0.05, 0.1) is 5.60 Å². The van der Waals surface area contributed by atoms with E-state index in [9.17, 15) is 5.11 Å². The van der Waals surface area contributed by atoms with Crippen molar-refractivity contribution in [1.82, 2.24) is 5.32 Å². The molecule has 0 heterocycles. The molecule has 0 radical (unpaired) electrons. The minimum atomic E-state index is -0.410. The third-order valence-electron chi connectivity index (χ3n) is 4.54. The zero-order valence-corrected chi connectivity index (χ0v) is 12.6. The quantitative estimate of drug-likeness (QED) is 0.752. The Morgan fingerprint density at radius 1 is 1.17 bits per heavy atom. The minimum Gasteiger partial charge on any atom is -0.389 e. The summed E-state index contributed by atoms with van der Waals surface area (Å²) in [6.45, 7) is 3.07. The van der Waals surface area contributed by atoms with E-state index >= 15 is 0 Å². The fourth-order valence-electron chi connectivity index (χ4n) is 3.41. The summed E-state index contributed by atoms with van der Waals surface area (Å²) >= 11 is 2.10. The molecular weight excluding hydrogens is 242 g/mol. The van der Waals surface area contributed by atoms with Gasteiger partial charge in [-0.3, -0.25) is 0 Å². The highest BCUT2D eigenvalue weighted by atomic mass is 32.2. The van der Waals surface area contributed by atoms with Gasteiger partial charge in [0.25, 0.3) is 0 Å². The van der Waals surface area contributed by atoms with Crippen LogP contribution in [0.5, 0.6) is 0 Å². The molecule has 18 heavy (non-hydrogen) atoms. The van der Waals surface area contributed by atoms with Crippen molar-refractivity contribution in [3.05, 3.63) is 0 Å². The van der Waals surface area contributed by atoms with Crippen LogP contribution in [0.2, 0.25) is 0 Å². The first-order chi connectivity index (χ1) is 8.72. The zero-order chi connectivity index (χ0) is 12.8. The highest BCUT2D eigenvalue weighted by molar-refractivity contribution is 7.99. The maximum atomic E-state index is 10.6. The van der Waals surface area contributed by atoms with Crippen LogP contribution in [-0.2, 0) is 0 Å². The SMILES string of the molecule is CCSC1CCC(NCC2(O)CCCCCC2)C1. The predicted molar refractivity (Wildman–Crippen MR) is 80.2 cm³/mol. The monoisotopic (exact) mass is 271 g/mol. The molecule has 0 aromatic carbocycles. The van der Waals surface area contributed by atoms with Crippen molar-refractivity contribution in [2.24, 2.45) is 0 Å². The van der Waals surface area contributed by atoms with E-state index in [-0.39, 0.29) is 0 Å². The Hall–Kier alpha value is 0.270. The lowest BCUT2D eigenvalue weighted by Gasteiger charge is -2.28. The van der Waals surface area contributed by atoms with Crippen LogP contribution in [0.15, 0.2) is 0 Å². The second kappa shape index (κ2) is 7.16. The maximum Gasteiger partial charge on any atom is 0.0771 e. The Bertz CT molecular complexity index is 239. The van der Waals surface area contributed by atoms with Crippen LogP contribution in [0, 0.1) is 0 Å². The summed E-state index contributed by atoms with van der Waals surface area (Å²) in [4.78, 5) is 0. The van der Waals surface area contributed by atoms with Crippen molar-refractivity contribution in [3.8, 4) is 0 Å². The van der Waals surface area contributed by atoms with Crippen LogP contribution in [0.3, 0.4) is 0 Å². The summed E-state index contributed by atoms with van der Waals surface area (Å²) in [5, 5.41) is 15.1. The first-order valence-electron chi connectivity index (χ1n) is 7.79. The van der Waals surface area contributed by atoms with Gasteiger partial charge in [-0.1, -0.05) is 32.6 Å². The van der Waals surface area contributed by atoms with Gasteiger partial charge in [-0.05, 0) is 37.9 Å². The van der Waals surface area contributed by atoms with Gasteiger partial charge in [0.15, 0.2) is 0 Å². The lowest BCUT2D eigenvalue weighted by Crippen LogP contribution is -2.43. The van der Waals surface area contributed by atoms with E-state index in [0.29, 0.717) is 6.04 Å². The Balaban J connectivity index is 1.70. The van der Waals surface area contributed by atoms with Crippen LogP contribution in [0.1, 0.15) is 64.7 Å². The van der Waals surface area contributed by atoms with Crippen LogP contribution < -0.4 is 5.32 Å². The lowest BCUT2D eigenvalue weighted by molar-refractivity contribution is 0.0229. The molecule has 2 rings (SSSR count). The molecule has 2 aliphatic rings. The van der Waals surface area contributed by atoms with E-state index in [1.165, 1.54) is 50.7 Å². The lowest BCUT2D eigenvalue weighted by atomic mass is 9.94. The largest absolute Gasteiger partial charge is 0.389 e. The third-order valence-corrected chi connectivity index (χ3v) is 5.77. The molecule has 0 spiro atoms. The molecule has 0 aromatic heterocycles. The summed E-state index contributed by atoms with van der Waals surface area (Å²) in [6.07, 6.45) is 11.0. The molecule has 2 unspecified atom stereocenters. The molecule has 2 atom stereocenters. The van der Waals surface area contributed by atoms with E-state index < -0.39 is 5.60 Å². The van der Waals surface area contributed by atoms with Crippen molar-refractivity contribution in [2.75, 3.05) is 12.3 Å². The van der Waals surface area contributed by atoms with Gasteiger partial charge < -0.3 is 10.4 Å². The molecule has 0 aromatic rings. The van der Waals surface area contributed by atoms with Gasteiger partial charge in [0, 0.05) is 17.8 Å². The fourth-order valence-corrected chi connectivity index (χ4v) is 4.55. The van der Waals surface area contributed by atoms with Crippen LogP contribution in [-0.4, -0.2) is 34.3 Å². The Morgan fingerprint density at radius 3 is 2.56 bits per heavy atom. The van der Waals surface area contributed by atoms with E-state index in [4.69, 9.17) is 0 Å².